The van der Waals surface area contributed by atoms with Gasteiger partial charge in [0.15, 0.2) is 0 Å². The highest BCUT2D eigenvalue weighted by atomic mass is 16.5. The van der Waals surface area contributed by atoms with E-state index < -0.39 is 0 Å². The van der Waals surface area contributed by atoms with Gasteiger partial charge in [-0.15, -0.1) is 5.11 Å². The van der Waals surface area contributed by atoms with E-state index in [9.17, 15) is 0 Å². The third kappa shape index (κ3) is 4.36. The predicted molar refractivity (Wildman–Crippen MR) is 121 cm³/mol. The van der Waals surface area contributed by atoms with Crippen molar-refractivity contribution in [3.8, 4) is 11.5 Å². The number of hydrogen-bond acceptors (Lipinski definition) is 5. The maximum Gasteiger partial charge on any atom is 0.119 e. The van der Waals surface area contributed by atoms with Crippen molar-refractivity contribution in [2.24, 2.45) is 15.2 Å². The summed E-state index contributed by atoms with van der Waals surface area (Å²) in [5.41, 5.74) is 3.44. The van der Waals surface area contributed by atoms with E-state index >= 15 is 0 Å². The Bertz CT molecular complexity index is 1100. The molecular weight excluding hydrogens is 374 g/mol. The SMILES string of the molecule is COc1ccc(C=Nc2ccc(N=Nc3ccc(OC)cc3)c3ccccc23)cc1. The van der Waals surface area contributed by atoms with Crippen LogP contribution < -0.4 is 9.47 Å². The Labute approximate surface area is 175 Å². The van der Waals surface area contributed by atoms with Crippen molar-refractivity contribution in [1.82, 2.24) is 0 Å². The van der Waals surface area contributed by atoms with Crippen LogP contribution in [0.25, 0.3) is 10.8 Å². The second-order valence-corrected chi connectivity index (χ2v) is 6.58. The van der Waals surface area contributed by atoms with Crippen LogP contribution in [0.1, 0.15) is 5.56 Å². The third-order valence-electron chi connectivity index (χ3n) is 4.69. The first-order chi connectivity index (χ1) is 14.8. The van der Waals surface area contributed by atoms with Crippen molar-refractivity contribution in [2.45, 2.75) is 0 Å². The summed E-state index contributed by atoms with van der Waals surface area (Å²) < 4.78 is 10.4. The molecule has 0 spiro atoms. The van der Waals surface area contributed by atoms with Gasteiger partial charge in [0.25, 0.3) is 0 Å². The van der Waals surface area contributed by atoms with Crippen LogP contribution in [0.15, 0.2) is 100 Å². The fourth-order valence-electron chi connectivity index (χ4n) is 3.06. The molecule has 148 valence electrons. The summed E-state index contributed by atoms with van der Waals surface area (Å²) in [4.78, 5) is 4.69. The highest BCUT2D eigenvalue weighted by Gasteiger charge is 2.05. The Balaban J connectivity index is 1.63. The molecule has 0 amide bonds. The van der Waals surface area contributed by atoms with Crippen LogP contribution in [0.3, 0.4) is 0 Å². The van der Waals surface area contributed by atoms with Gasteiger partial charge >= 0.3 is 0 Å². The van der Waals surface area contributed by atoms with Crippen LogP contribution in [-0.2, 0) is 0 Å². The average molecular weight is 395 g/mol. The monoisotopic (exact) mass is 395 g/mol. The zero-order valence-corrected chi connectivity index (χ0v) is 16.8. The molecule has 5 heteroatoms. The largest absolute Gasteiger partial charge is 0.497 e. The van der Waals surface area contributed by atoms with E-state index in [1.54, 1.807) is 14.2 Å². The number of fused-ring (bicyclic) bond motifs is 1. The molecule has 4 aromatic carbocycles. The van der Waals surface area contributed by atoms with Crippen LogP contribution >= 0.6 is 0 Å². The third-order valence-corrected chi connectivity index (χ3v) is 4.69. The Morgan fingerprint density at radius 3 is 1.80 bits per heavy atom. The number of nitrogens with zero attached hydrogens (tertiary/aromatic N) is 3. The number of rotatable bonds is 6. The molecule has 0 unspecified atom stereocenters. The first-order valence-corrected chi connectivity index (χ1v) is 9.52. The molecule has 4 aromatic rings. The maximum absolute atomic E-state index is 5.20. The Kier molecular flexibility index (Phi) is 5.80. The van der Waals surface area contributed by atoms with Gasteiger partial charge in [0, 0.05) is 17.0 Å². The molecule has 0 N–H and O–H groups in total. The van der Waals surface area contributed by atoms with Gasteiger partial charge in [-0.1, -0.05) is 24.3 Å². The first kappa shape index (κ1) is 19.3. The van der Waals surface area contributed by atoms with Crippen molar-refractivity contribution >= 4 is 34.0 Å². The normalized spacial score (nSPS) is 11.4. The van der Waals surface area contributed by atoms with Crippen LogP contribution in [0, 0.1) is 0 Å². The summed E-state index contributed by atoms with van der Waals surface area (Å²) in [6, 6.07) is 27.2. The molecule has 0 saturated carbocycles. The van der Waals surface area contributed by atoms with E-state index in [1.165, 1.54) is 0 Å². The van der Waals surface area contributed by atoms with Crippen LogP contribution in [0.4, 0.5) is 17.1 Å². The van der Waals surface area contributed by atoms with Gasteiger partial charge in [0.1, 0.15) is 11.5 Å². The van der Waals surface area contributed by atoms with E-state index in [0.717, 1.165) is 44.9 Å². The molecular formula is C25H21N3O2. The highest BCUT2D eigenvalue weighted by molar-refractivity contribution is 6.01. The minimum Gasteiger partial charge on any atom is -0.497 e. The molecule has 0 atom stereocenters. The Morgan fingerprint density at radius 2 is 1.17 bits per heavy atom. The lowest BCUT2D eigenvalue weighted by Gasteiger charge is -2.05. The molecule has 4 rings (SSSR count). The van der Waals surface area contributed by atoms with Gasteiger partial charge in [0.05, 0.1) is 31.3 Å². The van der Waals surface area contributed by atoms with Crippen molar-refractivity contribution < 1.29 is 9.47 Å². The molecule has 0 aliphatic heterocycles. The van der Waals surface area contributed by atoms with Crippen LogP contribution in [0.2, 0.25) is 0 Å². The van der Waals surface area contributed by atoms with E-state index in [1.807, 2.05) is 91.1 Å². The summed E-state index contributed by atoms with van der Waals surface area (Å²) in [6.45, 7) is 0. The zero-order valence-electron chi connectivity index (χ0n) is 16.8. The Hall–Kier alpha value is -3.99. The quantitative estimate of drug-likeness (QED) is 0.260. The van der Waals surface area contributed by atoms with Gasteiger partial charge in [-0.05, 0) is 66.2 Å². The Morgan fingerprint density at radius 1 is 0.600 bits per heavy atom. The molecule has 5 nitrogen and oxygen atoms in total. The molecule has 0 fully saturated rings. The van der Waals surface area contributed by atoms with Gasteiger partial charge in [-0.25, -0.2) is 0 Å². The number of ether oxygens (including phenoxy) is 2. The lowest BCUT2D eigenvalue weighted by atomic mass is 10.1. The fourth-order valence-corrected chi connectivity index (χ4v) is 3.06. The summed E-state index contributed by atoms with van der Waals surface area (Å²) in [5.74, 6) is 1.61. The fraction of sp³-hybridized carbons (Fsp3) is 0.0800. The zero-order chi connectivity index (χ0) is 20.8. The van der Waals surface area contributed by atoms with Crippen molar-refractivity contribution in [1.29, 1.82) is 0 Å². The van der Waals surface area contributed by atoms with Crippen LogP contribution in [-0.4, -0.2) is 20.4 Å². The standard InChI is InChI=1S/C25H21N3O2/c1-29-20-11-7-18(8-12-20)17-26-24-15-16-25(23-6-4-3-5-22(23)24)28-27-19-9-13-21(30-2)14-10-19/h3-17H,1-2H3. The van der Waals surface area contributed by atoms with Gasteiger partial charge in [-0.2, -0.15) is 5.11 Å². The first-order valence-electron chi connectivity index (χ1n) is 9.52. The molecule has 0 radical (unpaired) electrons. The lowest BCUT2D eigenvalue weighted by molar-refractivity contribution is 0.414. The predicted octanol–water partition coefficient (Wildman–Crippen LogP) is 7.02. The molecule has 0 aromatic heterocycles. The summed E-state index contributed by atoms with van der Waals surface area (Å²) >= 11 is 0. The van der Waals surface area contributed by atoms with E-state index in [0.29, 0.717) is 0 Å². The van der Waals surface area contributed by atoms with Gasteiger partial charge < -0.3 is 9.47 Å². The smallest absolute Gasteiger partial charge is 0.119 e. The van der Waals surface area contributed by atoms with Crippen LogP contribution in [0.5, 0.6) is 11.5 Å². The molecule has 0 aliphatic carbocycles. The topological polar surface area (TPSA) is 55.5 Å². The summed E-state index contributed by atoms with van der Waals surface area (Å²) in [7, 11) is 3.30. The second kappa shape index (κ2) is 9.01. The molecule has 0 heterocycles. The molecule has 0 aliphatic rings. The second-order valence-electron chi connectivity index (χ2n) is 6.58. The minimum atomic E-state index is 0.765. The van der Waals surface area contributed by atoms with E-state index in [-0.39, 0.29) is 0 Å². The average Bonchev–Trinajstić information content (AvgIpc) is 2.82. The highest BCUT2D eigenvalue weighted by Crippen LogP contribution is 2.34. The number of benzene rings is 4. The van der Waals surface area contributed by atoms with Crippen molar-refractivity contribution in [3.63, 3.8) is 0 Å². The molecule has 0 bridgehead atoms. The minimum absolute atomic E-state index is 0.765. The van der Waals surface area contributed by atoms with Gasteiger partial charge in [0.2, 0.25) is 0 Å². The summed E-state index contributed by atoms with van der Waals surface area (Å²) in [6.07, 6.45) is 1.85. The van der Waals surface area contributed by atoms with Gasteiger partial charge in [-0.3, -0.25) is 4.99 Å². The summed E-state index contributed by atoms with van der Waals surface area (Å²) in [5, 5.41) is 10.8. The maximum atomic E-state index is 5.20. The lowest BCUT2D eigenvalue weighted by Crippen LogP contribution is -1.84. The van der Waals surface area contributed by atoms with E-state index in [4.69, 9.17) is 9.47 Å². The number of aliphatic imine (C=N–C) groups is 1. The number of methoxy groups -OCH3 is 2. The van der Waals surface area contributed by atoms with Crippen molar-refractivity contribution in [2.75, 3.05) is 14.2 Å². The van der Waals surface area contributed by atoms with E-state index in [2.05, 4.69) is 15.2 Å². The molecule has 30 heavy (non-hydrogen) atoms. The molecule has 0 saturated heterocycles. The van der Waals surface area contributed by atoms with Crippen molar-refractivity contribution in [3.05, 3.63) is 90.5 Å². The number of hydrogen-bond donors (Lipinski definition) is 0. The number of azo groups is 1.